The highest BCUT2D eigenvalue weighted by molar-refractivity contribution is 5.96. The van der Waals surface area contributed by atoms with E-state index in [4.69, 9.17) is 9.15 Å². The number of hydrogen-bond acceptors (Lipinski definition) is 6. The van der Waals surface area contributed by atoms with Crippen molar-refractivity contribution in [3.63, 3.8) is 0 Å². The summed E-state index contributed by atoms with van der Waals surface area (Å²) in [4.78, 5) is 26.3. The molecule has 41 heavy (non-hydrogen) atoms. The molecule has 1 fully saturated rings. The van der Waals surface area contributed by atoms with Crippen LogP contribution < -0.4 is 25.4 Å². The third-order valence-electron chi connectivity index (χ3n) is 6.96. The molecule has 0 saturated heterocycles. The summed E-state index contributed by atoms with van der Waals surface area (Å²) in [5.74, 6) is 0.400. The lowest BCUT2D eigenvalue weighted by Crippen LogP contribution is -2.48. The number of amides is 2. The van der Waals surface area contributed by atoms with E-state index < -0.39 is 18.3 Å². The number of anilines is 1. The predicted octanol–water partition coefficient (Wildman–Crippen LogP) is 6.15. The molecule has 8 nitrogen and oxygen atoms in total. The van der Waals surface area contributed by atoms with Gasteiger partial charge in [-0.3, -0.25) is 9.59 Å². The van der Waals surface area contributed by atoms with E-state index in [9.17, 15) is 22.8 Å². The molecule has 1 heterocycles. The van der Waals surface area contributed by atoms with Gasteiger partial charge < -0.3 is 29.8 Å². The molecule has 3 N–H and O–H groups in total. The van der Waals surface area contributed by atoms with Crippen LogP contribution in [0.4, 0.5) is 18.9 Å². The number of para-hydroxylation sites is 1. The van der Waals surface area contributed by atoms with Crippen molar-refractivity contribution < 1.29 is 36.7 Å². The molecule has 2 amide bonds. The minimum Gasteiger partial charge on any atom is -0.496 e. The second kappa shape index (κ2) is 14.0. The summed E-state index contributed by atoms with van der Waals surface area (Å²) in [5, 5.41) is 8.75. The third kappa shape index (κ3) is 8.92. The molecule has 1 aliphatic rings. The Morgan fingerprint density at radius 3 is 2.41 bits per heavy atom. The van der Waals surface area contributed by atoms with Gasteiger partial charge in [0.1, 0.15) is 23.3 Å². The smallest absolute Gasteiger partial charge is 0.496 e. The molecule has 1 atom stereocenters. The number of carbonyl (C=O) groups excluding carboxylic acids is 2. The van der Waals surface area contributed by atoms with Crippen LogP contribution in [0.25, 0.3) is 11.3 Å². The second-order valence-electron chi connectivity index (χ2n) is 9.92. The van der Waals surface area contributed by atoms with Gasteiger partial charge >= 0.3 is 6.36 Å². The van der Waals surface area contributed by atoms with E-state index in [1.807, 2.05) is 18.2 Å². The molecule has 0 bridgehead atoms. The summed E-state index contributed by atoms with van der Waals surface area (Å²) in [6.45, 7) is 0.575. The van der Waals surface area contributed by atoms with E-state index in [0.29, 0.717) is 41.6 Å². The van der Waals surface area contributed by atoms with Gasteiger partial charge in [-0.05, 0) is 60.9 Å². The quantitative estimate of drug-likeness (QED) is 0.225. The maximum Gasteiger partial charge on any atom is 0.573 e. The Labute approximate surface area is 236 Å². The first kappa shape index (κ1) is 29.8. The van der Waals surface area contributed by atoms with E-state index in [-0.39, 0.29) is 24.0 Å². The summed E-state index contributed by atoms with van der Waals surface area (Å²) in [6.07, 6.45) is 1.16. The van der Waals surface area contributed by atoms with E-state index in [0.717, 1.165) is 25.7 Å². The number of carbonyl (C=O) groups is 2. The van der Waals surface area contributed by atoms with Crippen LogP contribution in [0.5, 0.6) is 11.5 Å². The number of ether oxygens (including phenoxy) is 2. The van der Waals surface area contributed by atoms with Gasteiger partial charge in [-0.2, -0.15) is 0 Å². The molecular formula is C30H34F3N3O5. The third-order valence-corrected chi connectivity index (χ3v) is 6.96. The lowest BCUT2D eigenvalue weighted by atomic mass is 9.84. The Balaban J connectivity index is 1.34. The maximum atomic E-state index is 13.2. The minimum absolute atomic E-state index is 0.0898. The Hall–Kier alpha value is -4.15. The maximum absolute atomic E-state index is 13.2. The number of benzene rings is 2. The topological polar surface area (TPSA) is 102 Å². The van der Waals surface area contributed by atoms with Crippen molar-refractivity contribution in [2.75, 3.05) is 25.5 Å². The molecule has 2 aromatic carbocycles. The number of nitrogens with one attached hydrogen (secondary N) is 3. The average molecular weight is 574 g/mol. The molecular weight excluding hydrogens is 539 g/mol. The average Bonchev–Trinajstić information content (AvgIpc) is 3.46. The van der Waals surface area contributed by atoms with Crippen LogP contribution in [0.15, 0.2) is 65.1 Å². The summed E-state index contributed by atoms with van der Waals surface area (Å²) >= 11 is 0. The zero-order chi connectivity index (χ0) is 29.2. The fourth-order valence-electron chi connectivity index (χ4n) is 4.96. The van der Waals surface area contributed by atoms with Gasteiger partial charge in [-0.1, -0.05) is 44.2 Å². The van der Waals surface area contributed by atoms with Crippen LogP contribution in [-0.4, -0.2) is 44.4 Å². The Morgan fingerprint density at radius 1 is 0.976 bits per heavy atom. The number of alkyl halides is 3. The lowest BCUT2D eigenvalue weighted by Gasteiger charge is -2.26. The van der Waals surface area contributed by atoms with Gasteiger partial charge in [0.2, 0.25) is 5.91 Å². The van der Waals surface area contributed by atoms with Crippen LogP contribution in [0.3, 0.4) is 0 Å². The summed E-state index contributed by atoms with van der Waals surface area (Å²) in [5.41, 5.74) is 1.28. The number of rotatable bonds is 12. The van der Waals surface area contributed by atoms with Gasteiger partial charge in [0.05, 0.1) is 12.7 Å². The molecule has 0 spiro atoms. The molecule has 11 heteroatoms. The van der Waals surface area contributed by atoms with Gasteiger partial charge in [0.25, 0.3) is 5.91 Å². The van der Waals surface area contributed by atoms with Crippen molar-refractivity contribution >= 4 is 17.5 Å². The summed E-state index contributed by atoms with van der Waals surface area (Å²) in [7, 11) is 1.56. The van der Waals surface area contributed by atoms with E-state index >= 15 is 0 Å². The zero-order valence-electron chi connectivity index (χ0n) is 22.8. The molecule has 0 radical (unpaired) electrons. The molecule has 0 unspecified atom stereocenters. The number of furan rings is 1. The van der Waals surface area contributed by atoms with Gasteiger partial charge in [-0.25, -0.2) is 0 Å². The second-order valence-corrected chi connectivity index (χ2v) is 9.92. The molecule has 3 aromatic rings. The van der Waals surface area contributed by atoms with Crippen molar-refractivity contribution in [3.8, 4) is 22.8 Å². The van der Waals surface area contributed by atoms with Gasteiger partial charge in [-0.15, -0.1) is 13.2 Å². The van der Waals surface area contributed by atoms with Crippen LogP contribution in [0.2, 0.25) is 0 Å². The van der Waals surface area contributed by atoms with Gasteiger partial charge in [0, 0.05) is 18.8 Å². The van der Waals surface area contributed by atoms with Crippen molar-refractivity contribution in [1.82, 2.24) is 10.6 Å². The first-order valence-electron chi connectivity index (χ1n) is 13.6. The highest BCUT2D eigenvalue weighted by Crippen LogP contribution is 2.31. The van der Waals surface area contributed by atoms with Crippen LogP contribution in [0, 0.1) is 5.92 Å². The van der Waals surface area contributed by atoms with Crippen molar-refractivity contribution in [2.24, 2.45) is 5.92 Å². The Morgan fingerprint density at radius 2 is 1.71 bits per heavy atom. The summed E-state index contributed by atoms with van der Waals surface area (Å²) < 4.78 is 52.1. The molecule has 1 aliphatic carbocycles. The monoisotopic (exact) mass is 573 g/mol. The fourth-order valence-corrected chi connectivity index (χ4v) is 4.96. The van der Waals surface area contributed by atoms with Crippen molar-refractivity contribution in [2.45, 2.75) is 50.9 Å². The molecule has 1 aromatic heterocycles. The van der Waals surface area contributed by atoms with Gasteiger partial charge in [0.15, 0.2) is 5.76 Å². The standard InChI is InChI=1S/C30H34F3N3O5/c1-39-25-10-6-5-9-23(25)26-15-16-27(40-26)29(38)36-24(19-20-7-3-2-4-8-20)28(37)35-18-17-34-21-11-13-22(14-12-21)41-30(31,32)33/h5-6,9-16,20,24,34H,2-4,7-8,17-19H2,1H3,(H,35,37)(H,36,38)/t24-/m0/s1. The first-order valence-corrected chi connectivity index (χ1v) is 13.6. The van der Waals surface area contributed by atoms with Crippen molar-refractivity contribution in [3.05, 3.63) is 66.4 Å². The number of methoxy groups -OCH3 is 1. The fraction of sp³-hybridized carbons (Fsp3) is 0.400. The van der Waals surface area contributed by atoms with E-state index in [2.05, 4.69) is 20.7 Å². The molecule has 220 valence electrons. The molecule has 4 rings (SSSR count). The Bertz CT molecular complexity index is 1290. The van der Waals surface area contributed by atoms with Crippen LogP contribution in [0.1, 0.15) is 49.1 Å². The number of hydrogen-bond donors (Lipinski definition) is 3. The minimum atomic E-state index is -4.75. The predicted molar refractivity (Wildman–Crippen MR) is 148 cm³/mol. The lowest BCUT2D eigenvalue weighted by molar-refractivity contribution is -0.274. The van der Waals surface area contributed by atoms with Crippen molar-refractivity contribution in [1.29, 1.82) is 0 Å². The zero-order valence-corrected chi connectivity index (χ0v) is 22.8. The summed E-state index contributed by atoms with van der Waals surface area (Å²) in [6, 6.07) is 15.2. The van der Waals surface area contributed by atoms with Crippen LogP contribution >= 0.6 is 0 Å². The van der Waals surface area contributed by atoms with Crippen LogP contribution in [-0.2, 0) is 4.79 Å². The molecule has 1 saturated carbocycles. The Kier molecular flexibility index (Phi) is 10.2. The van der Waals surface area contributed by atoms with E-state index in [1.54, 1.807) is 25.3 Å². The highest BCUT2D eigenvalue weighted by Gasteiger charge is 2.31. The molecule has 0 aliphatic heterocycles. The number of halogens is 3. The first-order chi connectivity index (χ1) is 19.7. The normalized spacial score (nSPS) is 14.6. The largest absolute Gasteiger partial charge is 0.573 e. The SMILES string of the molecule is COc1ccccc1-c1ccc(C(=O)N[C@@H](CC2CCCCC2)C(=O)NCCNc2ccc(OC(F)(F)F)cc2)o1. The van der Waals surface area contributed by atoms with E-state index in [1.165, 1.54) is 30.7 Å². The highest BCUT2D eigenvalue weighted by atomic mass is 19.4.